The summed E-state index contributed by atoms with van der Waals surface area (Å²) in [4.78, 5) is 4.10. The second kappa shape index (κ2) is 5.12. The topological polar surface area (TPSA) is 47.3 Å². The lowest BCUT2D eigenvalue weighted by molar-refractivity contribution is 0.249. The number of nitrogens with one attached hydrogen (secondary N) is 1. The van der Waals surface area contributed by atoms with Crippen molar-refractivity contribution in [1.29, 1.82) is 0 Å². The molecule has 1 aromatic heterocycles. The zero-order valence-electron chi connectivity index (χ0n) is 9.73. The van der Waals surface area contributed by atoms with E-state index in [9.17, 15) is 0 Å². The zero-order chi connectivity index (χ0) is 12.4. The summed E-state index contributed by atoms with van der Waals surface area (Å²) in [7, 11) is 0. The van der Waals surface area contributed by atoms with Crippen molar-refractivity contribution in [2.24, 2.45) is 0 Å². The van der Waals surface area contributed by atoms with E-state index in [1.165, 1.54) is 5.56 Å². The summed E-state index contributed by atoms with van der Waals surface area (Å²) in [5.74, 6) is 1.66. The summed E-state index contributed by atoms with van der Waals surface area (Å²) < 4.78 is 11.9. The Bertz CT molecular complexity index is 528. The quantitative estimate of drug-likeness (QED) is 0.946. The number of fused-ring (bicyclic) bond motifs is 1. The molecule has 94 valence electrons. The van der Waals surface area contributed by atoms with E-state index in [-0.39, 0.29) is 6.04 Å². The van der Waals surface area contributed by atoms with Crippen LogP contribution < -0.4 is 10.1 Å². The molecule has 0 saturated carbocycles. The molecule has 0 aliphatic carbocycles. The molecule has 0 fully saturated rings. The molecule has 0 radical (unpaired) electrons. The standard InChI is InChI=1S/C13H13BrN2O2/c14-9-1-2-12-10(7-9)11(3-5-17-12)16-8-13-15-4-6-18-13/h1-2,4,6-7,11,16H,3,5,8H2. The average Bonchev–Trinajstić information content (AvgIpc) is 2.89. The van der Waals surface area contributed by atoms with Gasteiger partial charge in [0.2, 0.25) is 5.89 Å². The summed E-state index contributed by atoms with van der Waals surface area (Å²) in [6, 6.07) is 6.37. The van der Waals surface area contributed by atoms with E-state index >= 15 is 0 Å². The third kappa shape index (κ3) is 2.42. The number of ether oxygens (including phenoxy) is 1. The molecule has 2 aromatic rings. The van der Waals surface area contributed by atoms with Gasteiger partial charge in [0.25, 0.3) is 0 Å². The van der Waals surface area contributed by atoms with Crippen LogP contribution in [0.15, 0.2) is 39.5 Å². The van der Waals surface area contributed by atoms with Crippen LogP contribution in [-0.2, 0) is 6.54 Å². The van der Waals surface area contributed by atoms with Gasteiger partial charge in [-0.1, -0.05) is 15.9 Å². The van der Waals surface area contributed by atoms with Crippen molar-refractivity contribution in [1.82, 2.24) is 10.3 Å². The first-order valence-electron chi connectivity index (χ1n) is 5.87. The molecule has 4 nitrogen and oxygen atoms in total. The monoisotopic (exact) mass is 308 g/mol. The highest BCUT2D eigenvalue weighted by Gasteiger charge is 2.21. The minimum absolute atomic E-state index is 0.276. The van der Waals surface area contributed by atoms with Crippen LogP contribution in [-0.4, -0.2) is 11.6 Å². The summed E-state index contributed by atoms with van der Waals surface area (Å²) in [5, 5.41) is 3.45. The molecule has 1 unspecified atom stereocenters. The van der Waals surface area contributed by atoms with Crippen molar-refractivity contribution in [3.8, 4) is 5.75 Å². The van der Waals surface area contributed by atoms with Crippen LogP contribution in [0.4, 0.5) is 0 Å². The number of benzene rings is 1. The Morgan fingerprint density at radius 3 is 3.22 bits per heavy atom. The molecule has 1 aliphatic heterocycles. The summed E-state index contributed by atoms with van der Waals surface area (Å²) in [6.07, 6.45) is 4.20. The third-order valence-corrected chi connectivity index (χ3v) is 3.49. The van der Waals surface area contributed by atoms with Crippen molar-refractivity contribution in [2.45, 2.75) is 19.0 Å². The lowest BCUT2D eigenvalue weighted by Crippen LogP contribution is -2.26. The summed E-state index contributed by atoms with van der Waals surface area (Å²) >= 11 is 3.49. The molecule has 1 N–H and O–H groups in total. The van der Waals surface area contributed by atoms with Gasteiger partial charge < -0.3 is 14.5 Å². The van der Waals surface area contributed by atoms with Gasteiger partial charge in [-0.3, -0.25) is 0 Å². The molecular formula is C13H13BrN2O2. The van der Waals surface area contributed by atoms with E-state index in [0.717, 1.165) is 23.2 Å². The Hall–Kier alpha value is -1.33. The fourth-order valence-electron chi connectivity index (χ4n) is 2.13. The van der Waals surface area contributed by atoms with Gasteiger partial charge in [0.05, 0.1) is 19.3 Å². The zero-order valence-corrected chi connectivity index (χ0v) is 11.3. The van der Waals surface area contributed by atoms with Crippen LogP contribution in [0.5, 0.6) is 5.75 Å². The van der Waals surface area contributed by atoms with Crippen LogP contribution in [0.2, 0.25) is 0 Å². The molecule has 1 atom stereocenters. The highest BCUT2D eigenvalue weighted by Crippen LogP contribution is 2.34. The van der Waals surface area contributed by atoms with Gasteiger partial charge in [-0.25, -0.2) is 4.98 Å². The number of halogens is 1. The van der Waals surface area contributed by atoms with Gasteiger partial charge in [0, 0.05) is 22.5 Å². The lowest BCUT2D eigenvalue weighted by atomic mass is 10.0. The fraction of sp³-hybridized carbons (Fsp3) is 0.308. The van der Waals surface area contributed by atoms with Crippen LogP contribution >= 0.6 is 15.9 Å². The molecular weight excluding hydrogens is 296 g/mol. The summed E-state index contributed by atoms with van der Waals surface area (Å²) in [6.45, 7) is 1.36. The SMILES string of the molecule is Brc1ccc2c(c1)C(NCc1ncco1)CCO2. The molecule has 2 heterocycles. The maximum Gasteiger partial charge on any atom is 0.207 e. The highest BCUT2D eigenvalue weighted by atomic mass is 79.9. The Labute approximate surface area is 113 Å². The largest absolute Gasteiger partial charge is 0.493 e. The molecule has 0 bridgehead atoms. The number of aromatic nitrogens is 1. The highest BCUT2D eigenvalue weighted by molar-refractivity contribution is 9.10. The minimum atomic E-state index is 0.276. The van der Waals surface area contributed by atoms with E-state index < -0.39 is 0 Å². The maximum atomic E-state index is 5.65. The van der Waals surface area contributed by atoms with Gasteiger partial charge in [-0.2, -0.15) is 0 Å². The number of hydrogen-bond donors (Lipinski definition) is 1. The van der Waals surface area contributed by atoms with Gasteiger partial charge >= 0.3 is 0 Å². The van der Waals surface area contributed by atoms with E-state index in [1.54, 1.807) is 12.5 Å². The summed E-state index contributed by atoms with van der Waals surface area (Å²) in [5.41, 5.74) is 1.18. The van der Waals surface area contributed by atoms with Gasteiger partial charge in [-0.15, -0.1) is 0 Å². The first-order chi connectivity index (χ1) is 8.83. The Morgan fingerprint density at radius 1 is 1.44 bits per heavy atom. The fourth-order valence-corrected chi connectivity index (χ4v) is 2.51. The number of hydrogen-bond acceptors (Lipinski definition) is 4. The van der Waals surface area contributed by atoms with Gasteiger partial charge in [0.15, 0.2) is 0 Å². The predicted octanol–water partition coefficient (Wildman–Crippen LogP) is 3.05. The Balaban J connectivity index is 1.76. The Kier molecular flexibility index (Phi) is 3.34. The van der Waals surface area contributed by atoms with E-state index in [1.807, 2.05) is 12.1 Å². The number of rotatable bonds is 3. The maximum absolute atomic E-state index is 5.65. The van der Waals surface area contributed by atoms with Crippen molar-refractivity contribution >= 4 is 15.9 Å². The molecule has 3 rings (SSSR count). The molecule has 1 aromatic carbocycles. The average molecular weight is 309 g/mol. The third-order valence-electron chi connectivity index (χ3n) is 2.99. The lowest BCUT2D eigenvalue weighted by Gasteiger charge is -2.26. The molecule has 18 heavy (non-hydrogen) atoms. The first kappa shape index (κ1) is 11.7. The van der Waals surface area contributed by atoms with E-state index in [0.29, 0.717) is 12.4 Å². The van der Waals surface area contributed by atoms with E-state index in [4.69, 9.17) is 9.15 Å². The number of nitrogens with zero attached hydrogens (tertiary/aromatic N) is 1. The molecule has 0 saturated heterocycles. The normalized spacial score (nSPS) is 18.2. The van der Waals surface area contributed by atoms with E-state index in [2.05, 4.69) is 32.3 Å². The molecule has 5 heteroatoms. The van der Waals surface area contributed by atoms with Crippen molar-refractivity contribution in [3.05, 3.63) is 46.6 Å². The second-order valence-corrected chi connectivity index (χ2v) is 5.09. The second-order valence-electron chi connectivity index (χ2n) is 4.18. The van der Waals surface area contributed by atoms with Crippen LogP contribution in [0.3, 0.4) is 0 Å². The van der Waals surface area contributed by atoms with Crippen LogP contribution in [0, 0.1) is 0 Å². The molecule has 0 amide bonds. The van der Waals surface area contributed by atoms with Crippen molar-refractivity contribution in [3.63, 3.8) is 0 Å². The Morgan fingerprint density at radius 2 is 2.39 bits per heavy atom. The smallest absolute Gasteiger partial charge is 0.207 e. The molecule has 1 aliphatic rings. The number of oxazole rings is 1. The molecule has 0 spiro atoms. The van der Waals surface area contributed by atoms with Crippen molar-refractivity contribution < 1.29 is 9.15 Å². The van der Waals surface area contributed by atoms with Crippen LogP contribution in [0.25, 0.3) is 0 Å². The van der Waals surface area contributed by atoms with Gasteiger partial charge in [-0.05, 0) is 18.2 Å². The predicted molar refractivity (Wildman–Crippen MR) is 70.3 cm³/mol. The first-order valence-corrected chi connectivity index (χ1v) is 6.66. The minimum Gasteiger partial charge on any atom is -0.493 e. The van der Waals surface area contributed by atoms with Crippen molar-refractivity contribution in [2.75, 3.05) is 6.61 Å². The van der Waals surface area contributed by atoms with Crippen LogP contribution in [0.1, 0.15) is 23.9 Å². The van der Waals surface area contributed by atoms with Gasteiger partial charge in [0.1, 0.15) is 12.0 Å².